The fraction of sp³-hybridized carbons (Fsp3) is 0.500. The minimum Gasteiger partial charge on any atom is -0.373 e. The number of pyridine rings is 1. The van der Waals surface area contributed by atoms with Crippen molar-refractivity contribution in [1.29, 1.82) is 0 Å². The smallest absolute Gasteiger partial charge is 0.270 e. The highest BCUT2D eigenvalue weighted by molar-refractivity contribution is 9.10. The zero-order chi connectivity index (χ0) is 12.3. The molecule has 1 amide bonds. The van der Waals surface area contributed by atoms with Crippen molar-refractivity contribution in [2.45, 2.75) is 25.4 Å². The first-order valence-corrected chi connectivity index (χ1v) is 6.43. The quantitative estimate of drug-likeness (QED) is 0.870. The molecule has 0 bridgehead atoms. The number of carbonyl (C=O) groups excluding carboxylic acids is 1. The molecule has 1 aromatic heterocycles. The monoisotopic (exact) mass is 298 g/mol. The Hall–Kier alpha value is -0.940. The van der Waals surface area contributed by atoms with Gasteiger partial charge < -0.3 is 10.1 Å². The van der Waals surface area contributed by atoms with Crippen molar-refractivity contribution in [3.8, 4) is 0 Å². The van der Waals surface area contributed by atoms with E-state index in [4.69, 9.17) is 4.74 Å². The van der Waals surface area contributed by atoms with E-state index in [1.165, 1.54) is 0 Å². The Bertz CT molecular complexity index is 417. The zero-order valence-corrected chi connectivity index (χ0v) is 11.3. The van der Waals surface area contributed by atoms with Crippen LogP contribution in [0.3, 0.4) is 0 Å². The number of amides is 1. The van der Waals surface area contributed by atoms with Crippen LogP contribution in [-0.2, 0) is 4.74 Å². The number of ether oxygens (including phenoxy) is 1. The molecular formula is C12H15BrN2O2. The number of nitrogens with zero attached hydrogens (tertiary/aromatic N) is 1. The summed E-state index contributed by atoms with van der Waals surface area (Å²) in [5.74, 6) is -0.164. The van der Waals surface area contributed by atoms with Crippen molar-refractivity contribution in [3.63, 3.8) is 0 Å². The normalized spacial score (nSPS) is 23.6. The second kappa shape index (κ2) is 5.14. The largest absolute Gasteiger partial charge is 0.373 e. The summed E-state index contributed by atoms with van der Waals surface area (Å²) in [6.07, 6.45) is 2.04. The van der Waals surface area contributed by atoms with Crippen molar-refractivity contribution in [3.05, 3.63) is 28.5 Å². The summed E-state index contributed by atoms with van der Waals surface area (Å²) >= 11 is 3.24. The highest BCUT2D eigenvalue weighted by atomic mass is 79.9. The molecule has 1 fully saturated rings. The molecule has 0 radical (unpaired) electrons. The van der Waals surface area contributed by atoms with Gasteiger partial charge in [-0.15, -0.1) is 0 Å². The number of aromatic nitrogens is 1. The first-order valence-electron chi connectivity index (χ1n) is 5.64. The summed E-state index contributed by atoms with van der Waals surface area (Å²) in [5, 5.41) is 2.86. The minimum absolute atomic E-state index is 0.164. The Morgan fingerprint density at radius 1 is 1.65 bits per heavy atom. The molecule has 1 N–H and O–H groups in total. The van der Waals surface area contributed by atoms with Crippen LogP contribution in [0.2, 0.25) is 0 Å². The molecular weight excluding hydrogens is 284 g/mol. The van der Waals surface area contributed by atoms with Gasteiger partial charge in [-0.05, 0) is 47.8 Å². The summed E-state index contributed by atoms with van der Waals surface area (Å²) in [6, 6.07) is 5.27. The summed E-state index contributed by atoms with van der Waals surface area (Å²) < 4.78 is 6.27. The van der Waals surface area contributed by atoms with Crippen molar-refractivity contribution >= 4 is 21.8 Å². The van der Waals surface area contributed by atoms with Gasteiger partial charge >= 0.3 is 0 Å². The number of hydrogen-bond donors (Lipinski definition) is 1. The molecule has 1 aromatic rings. The summed E-state index contributed by atoms with van der Waals surface area (Å²) in [5.41, 5.74) is 0.197. The Morgan fingerprint density at radius 2 is 2.47 bits per heavy atom. The Balaban J connectivity index is 1.93. The summed E-state index contributed by atoms with van der Waals surface area (Å²) in [6.45, 7) is 3.33. The van der Waals surface area contributed by atoms with Crippen LogP contribution in [-0.4, -0.2) is 29.6 Å². The van der Waals surface area contributed by atoms with Crippen molar-refractivity contribution in [2.75, 3.05) is 13.2 Å². The second-order valence-corrected chi connectivity index (χ2v) is 5.24. The van der Waals surface area contributed by atoms with Crippen LogP contribution in [0.25, 0.3) is 0 Å². The molecule has 0 spiro atoms. The molecule has 0 saturated carbocycles. The maximum absolute atomic E-state index is 11.8. The number of carbonyl (C=O) groups is 1. The van der Waals surface area contributed by atoms with E-state index in [1.807, 2.05) is 6.92 Å². The molecule has 1 saturated heterocycles. The third-order valence-corrected chi connectivity index (χ3v) is 3.31. The van der Waals surface area contributed by atoms with Gasteiger partial charge in [0.05, 0.1) is 5.60 Å². The molecule has 1 aliphatic heterocycles. The molecule has 17 heavy (non-hydrogen) atoms. The van der Waals surface area contributed by atoms with Gasteiger partial charge in [0.15, 0.2) is 0 Å². The third-order valence-electron chi connectivity index (χ3n) is 2.87. The lowest BCUT2D eigenvalue weighted by atomic mass is 10.0. The lowest BCUT2D eigenvalue weighted by molar-refractivity contribution is 0.0205. The van der Waals surface area contributed by atoms with Gasteiger partial charge in [0, 0.05) is 13.2 Å². The van der Waals surface area contributed by atoms with Crippen LogP contribution in [0.1, 0.15) is 30.3 Å². The van der Waals surface area contributed by atoms with Gasteiger partial charge in [-0.2, -0.15) is 0 Å². The number of hydrogen-bond acceptors (Lipinski definition) is 3. The van der Waals surface area contributed by atoms with Gasteiger partial charge in [-0.25, -0.2) is 4.98 Å². The average Bonchev–Trinajstić information content (AvgIpc) is 2.74. The van der Waals surface area contributed by atoms with Crippen LogP contribution in [0.5, 0.6) is 0 Å². The number of halogens is 1. The van der Waals surface area contributed by atoms with Crippen LogP contribution in [0.15, 0.2) is 22.8 Å². The van der Waals surface area contributed by atoms with Crippen LogP contribution in [0, 0.1) is 0 Å². The van der Waals surface area contributed by atoms with Gasteiger partial charge in [-0.3, -0.25) is 4.79 Å². The van der Waals surface area contributed by atoms with Gasteiger partial charge in [0.1, 0.15) is 10.3 Å². The predicted octanol–water partition coefficient (Wildman–Crippen LogP) is 2.14. The minimum atomic E-state index is -0.221. The number of rotatable bonds is 3. The Kier molecular flexibility index (Phi) is 3.79. The van der Waals surface area contributed by atoms with E-state index in [0.717, 1.165) is 19.4 Å². The third kappa shape index (κ3) is 3.26. The second-order valence-electron chi connectivity index (χ2n) is 4.43. The maximum Gasteiger partial charge on any atom is 0.270 e. The van der Waals surface area contributed by atoms with Crippen molar-refractivity contribution in [1.82, 2.24) is 10.3 Å². The van der Waals surface area contributed by atoms with Gasteiger partial charge in [0.25, 0.3) is 5.91 Å². The molecule has 92 valence electrons. The lowest BCUT2D eigenvalue weighted by Crippen LogP contribution is -2.40. The highest BCUT2D eigenvalue weighted by Gasteiger charge is 2.30. The molecule has 0 aromatic carbocycles. The average molecular weight is 299 g/mol. The van der Waals surface area contributed by atoms with E-state index in [0.29, 0.717) is 16.8 Å². The van der Waals surface area contributed by atoms with Crippen molar-refractivity contribution < 1.29 is 9.53 Å². The van der Waals surface area contributed by atoms with Crippen LogP contribution < -0.4 is 5.32 Å². The van der Waals surface area contributed by atoms with E-state index in [2.05, 4.69) is 26.2 Å². The zero-order valence-electron chi connectivity index (χ0n) is 9.70. The molecule has 1 unspecified atom stereocenters. The molecule has 1 aliphatic rings. The Morgan fingerprint density at radius 3 is 3.12 bits per heavy atom. The van der Waals surface area contributed by atoms with E-state index in [-0.39, 0.29) is 11.5 Å². The number of nitrogens with one attached hydrogen (secondary N) is 1. The van der Waals surface area contributed by atoms with E-state index in [9.17, 15) is 4.79 Å². The standard InChI is InChI=1S/C12H15BrN2O2/c1-12(6-3-7-17-12)8-14-11(16)9-4-2-5-10(13)15-9/h2,4-5H,3,6-8H2,1H3,(H,14,16). The summed E-state index contributed by atoms with van der Waals surface area (Å²) in [4.78, 5) is 16.0. The molecule has 2 heterocycles. The first kappa shape index (κ1) is 12.5. The van der Waals surface area contributed by atoms with Crippen LogP contribution in [0.4, 0.5) is 0 Å². The van der Waals surface area contributed by atoms with Gasteiger partial charge in [-0.1, -0.05) is 6.07 Å². The lowest BCUT2D eigenvalue weighted by Gasteiger charge is -2.23. The molecule has 1 atom stereocenters. The fourth-order valence-electron chi connectivity index (χ4n) is 1.87. The molecule has 0 aliphatic carbocycles. The Labute approximate surface area is 109 Å². The van der Waals surface area contributed by atoms with E-state index < -0.39 is 0 Å². The molecule has 2 rings (SSSR count). The molecule has 5 heteroatoms. The maximum atomic E-state index is 11.8. The predicted molar refractivity (Wildman–Crippen MR) is 67.9 cm³/mol. The van der Waals surface area contributed by atoms with Crippen molar-refractivity contribution in [2.24, 2.45) is 0 Å². The highest BCUT2D eigenvalue weighted by Crippen LogP contribution is 2.23. The topological polar surface area (TPSA) is 51.2 Å². The van der Waals surface area contributed by atoms with Gasteiger partial charge in [0.2, 0.25) is 0 Å². The molecule has 4 nitrogen and oxygen atoms in total. The van der Waals surface area contributed by atoms with Crippen LogP contribution >= 0.6 is 15.9 Å². The first-order chi connectivity index (χ1) is 8.09. The summed E-state index contributed by atoms with van der Waals surface area (Å²) in [7, 11) is 0. The van der Waals surface area contributed by atoms with E-state index >= 15 is 0 Å². The SMILES string of the molecule is CC1(CNC(=O)c2cccc(Br)n2)CCCO1. The fourth-order valence-corrected chi connectivity index (χ4v) is 2.21. The van der Waals surface area contributed by atoms with E-state index in [1.54, 1.807) is 18.2 Å².